The van der Waals surface area contributed by atoms with Gasteiger partial charge in [-0.2, -0.15) is 0 Å². The largest absolute Gasteiger partial charge is 0.323 e. The smallest absolute Gasteiger partial charge is 0.308 e. The first-order chi connectivity index (χ1) is 14.9. The van der Waals surface area contributed by atoms with Gasteiger partial charge in [0.1, 0.15) is 11.6 Å². The normalized spacial score (nSPS) is 14.8. The summed E-state index contributed by atoms with van der Waals surface area (Å²) in [6.45, 7) is 2.74. The summed E-state index contributed by atoms with van der Waals surface area (Å²) < 4.78 is 27.1. The number of carbonyl (C=O) groups excluding carboxylic acids is 2. The molecule has 1 fully saturated rings. The maximum atomic E-state index is 14.1. The number of hydrogen-bond donors (Lipinski definition) is 2. The third-order valence-corrected chi connectivity index (χ3v) is 5.09. The maximum Gasteiger partial charge on any atom is 0.323 e. The number of piperidine rings is 1. The number of halogens is 2. The second kappa shape index (κ2) is 10.8. The molecule has 9 heteroatoms. The average Bonchev–Trinajstić information content (AvgIpc) is 2.74. The predicted octanol–water partition coefficient (Wildman–Crippen LogP) is 3.84. The molecule has 0 radical (unpaired) electrons. The Balaban J connectivity index is 1.51. The lowest BCUT2D eigenvalue weighted by Crippen LogP contribution is -2.35. The monoisotopic (exact) mass is 432 g/mol. The fourth-order valence-electron chi connectivity index (χ4n) is 3.46. The van der Waals surface area contributed by atoms with Crippen molar-refractivity contribution in [2.75, 3.05) is 37.4 Å². The van der Waals surface area contributed by atoms with Crippen molar-refractivity contribution in [1.29, 1.82) is 0 Å². The molecule has 0 atom stereocenters. The van der Waals surface area contributed by atoms with Crippen LogP contribution in [0.3, 0.4) is 0 Å². The Bertz CT molecular complexity index is 887. The quantitative estimate of drug-likeness (QED) is 0.491. The lowest BCUT2D eigenvalue weighted by atomic mass is 9.97. The van der Waals surface area contributed by atoms with Crippen LogP contribution in [0.4, 0.5) is 25.0 Å². The summed E-state index contributed by atoms with van der Waals surface area (Å²) >= 11 is 0. The average molecular weight is 432 g/mol. The second-order valence-electron chi connectivity index (χ2n) is 7.60. The van der Waals surface area contributed by atoms with Crippen LogP contribution in [-0.2, 0) is 16.2 Å². The highest BCUT2D eigenvalue weighted by Crippen LogP contribution is 2.22. The molecule has 1 aliphatic heterocycles. The van der Waals surface area contributed by atoms with E-state index in [1.807, 2.05) is 0 Å². The summed E-state index contributed by atoms with van der Waals surface area (Å²) in [4.78, 5) is 30.3. The molecule has 3 amide bonds. The van der Waals surface area contributed by atoms with Crippen LogP contribution in [0.1, 0.15) is 18.4 Å². The molecule has 0 aromatic heterocycles. The van der Waals surface area contributed by atoms with Crippen molar-refractivity contribution in [1.82, 2.24) is 9.96 Å². The maximum absolute atomic E-state index is 14.1. The van der Waals surface area contributed by atoms with Crippen molar-refractivity contribution in [3.05, 3.63) is 59.7 Å². The molecule has 1 heterocycles. The van der Waals surface area contributed by atoms with E-state index in [0.717, 1.165) is 31.5 Å². The number of nitrogens with zero attached hydrogens (tertiary/aromatic N) is 2. The van der Waals surface area contributed by atoms with Crippen LogP contribution in [0.5, 0.6) is 0 Å². The van der Waals surface area contributed by atoms with Gasteiger partial charge in [-0.25, -0.2) is 18.6 Å². The standard InChI is InChI=1S/C22H26F2N4O3/c1-27(15-29)31-14-16-6-8-28(9-7-16)13-17-10-19(24)12-21(11-17)26-22(30)25-20-4-2-18(23)3-5-20/h2-5,10-12,15-16H,6-9,13-14H2,1H3,(H2,25,26,30). The summed E-state index contributed by atoms with van der Waals surface area (Å²) in [5, 5.41) is 6.36. The van der Waals surface area contributed by atoms with Crippen molar-refractivity contribution in [2.24, 2.45) is 5.92 Å². The van der Waals surface area contributed by atoms with Crippen molar-refractivity contribution in [3.8, 4) is 0 Å². The molecule has 0 aliphatic carbocycles. The predicted molar refractivity (Wildman–Crippen MR) is 113 cm³/mol. The van der Waals surface area contributed by atoms with Gasteiger partial charge in [-0.1, -0.05) is 0 Å². The zero-order valence-corrected chi connectivity index (χ0v) is 17.3. The Morgan fingerprint density at radius 1 is 1.10 bits per heavy atom. The number of amides is 3. The summed E-state index contributed by atoms with van der Waals surface area (Å²) in [6.07, 6.45) is 2.48. The molecular weight excluding hydrogens is 406 g/mol. The van der Waals surface area contributed by atoms with Gasteiger partial charge in [0.15, 0.2) is 0 Å². The third kappa shape index (κ3) is 7.30. The number of benzene rings is 2. The molecule has 3 rings (SSSR count). The van der Waals surface area contributed by atoms with Gasteiger partial charge in [0.2, 0.25) is 6.41 Å². The Labute approximate surface area is 179 Å². The first-order valence-corrected chi connectivity index (χ1v) is 10.1. The van der Waals surface area contributed by atoms with Crippen LogP contribution >= 0.6 is 0 Å². The van der Waals surface area contributed by atoms with Gasteiger partial charge in [-0.05, 0) is 79.9 Å². The SMILES string of the molecule is CN(C=O)OCC1CCN(Cc2cc(F)cc(NC(=O)Nc3ccc(F)cc3)c2)CC1. The molecule has 0 bridgehead atoms. The van der Waals surface area contributed by atoms with E-state index in [1.165, 1.54) is 41.5 Å². The van der Waals surface area contributed by atoms with Gasteiger partial charge in [0.05, 0.1) is 6.61 Å². The molecule has 2 aromatic rings. The number of urea groups is 1. The summed E-state index contributed by atoms with van der Waals surface area (Å²) in [5.74, 6) is -0.459. The van der Waals surface area contributed by atoms with Gasteiger partial charge in [-0.3, -0.25) is 14.5 Å². The molecule has 7 nitrogen and oxygen atoms in total. The van der Waals surface area contributed by atoms with Crippen LogP contribution in [0, 0.1) is 17.6 Å². The van der Waals surface area contributed by atoms with E-state index in [-0.39, 0.29) is 0 Å². The number of hydrogen-bond acceptors (Lipinski definition) is 4. The molecule has 1 saturated heterocycles. The highest BCUT2D eigenvalue weighted by molar-refractivity contribution is 5.99. The number of rotatable bonds is 8. The van der Waals surface area contributed by atoms with E-state index >= 15 is 0 Å². The van der Waals surface area contributed by atoms with E-state index in [1.54, 1.807) is 13.1 Å². The molecule has 166 valence electrons. The van der Waals surface area contributed by atoms with Crippen molar-refractivity contribution < 1.29 is 23.2 Å². The van der Waals surface area contributed by atoms with Gasteiger partial charge in [-0.15, -0.1) is 0 Å². The highest BCUT2D eigenvalue weighted by atomic mass is 19.1. The van der Waals surface area contributed by atoms with Crippen LogP contribution in [0.2, 0.25) is 0 Å². The third-order valence-electron chi connectivity index (χ3n) is 5.09. The molecule has 1 aliphatic rings. The van der Waals surface area contributed by atoms with Crippen LogP contribution < -0.4 is 10.6 Å². The Morgan fingerprint density at radius 2 is 1.77 bits per heavy atom. The topological polar surface area (TPSA) is 73.9 Å². The van der Waals surface area contributed by atoms with Crippen LogP contribution in [0.25, 0.3) is 0 Å². The minimum absolute atomic E-state index is 0.342. The lowest BCUT2D eigenvalue weighted by molar-refractivity contribution is -0.169. The molecule has 2 aromatic carbocycles. The molecule has 2 N–H and O–H groups in total. The zero-order chi connectivity index (χ0) is 22.2. The summed E-state index contributed by atoms with van der Waals surface area (Å²) in [6, 6.07) is 9.27. The first kappa shape index (κ1) is 22.6. The highest BCUT2D eigenvalue weighted by Gasteiger charge is 2.20. The minimum Gasteiger partial charge on any atom is -0.308 e. The number of nitrogens with one attached hydrogen (secondary N) is 2. The fourth-order valence-corrected chi connectivity index (χ4v) is 3.46. The first-order valence-electron chi connectivity index (χ1n) is 10.1. The minimum atomic E-state index is -0.538. The molecule has 0 saturated carbocycles. The summed E-state index contributed by atoms with van der Waals surface area (Å²) in [7, 11) is 1.57. The van der Waals surface area contributed by atoms with Crippen LogP contribution in [-0.4, -0.2) is 49.1 Å². The van der Waals surface area contributed by atoms with E-state index in [2.05, 4.69) is 15.5 Å². The van der Waals surface area contributed by atoms with E-state index < -0.39 is 17.7 Å². The zero-order valence-electron chi connectivity index (χ0n) is 17.3. The van der Waals surface area contributed by atoms with Gasteiger partial charge in [0.25, 0.3) is 0 Å². The number of carbonyl (C=O) groups is 2. The van der Waals surface area contributed by atoms with Gasteiger partial charge in [0, 0.05) is 25.0 Å². The second-order valence-corrected chi connectivity index (χ2v) is 7.60. The van der Waals surface area contributed by atoms with Crippen molar-refractivity contribution in [3.63, 3.8) is 0 Å². The summed E-state index contributed by atoms with van der Waals surface area (Å²) in [5.41, 5.74) is 1.53. The number of anilines is 2. The van der Waals surface area contributed by atoms with Crippen molar-refractivity contribution >= 4 is 23.8 Å². The Kier molecular flexibility index (Phi) is 7.91. The van der Waals surface area contributed by atoms with Gasteiger partial charge >= 0.3 is 6.03 Å². The van der Waals surface area contributed by atoms with E-state index in [4.69, 9.17) is 4.84 Å². The van der Waals surface area contributed by atoms with Crippen molar-refractivity contribution in [2.45, 2.75) is 19.4 Å². The Hall–Kier alpha value is -3.04. The number of likely N-dealkylation sites (tertiary alicyclic amines) is 1. The molecule has 0 spiro atoms. The fraction of sp³-hybridized carbons (Fsp3) is 0.364. The molecule has 0 unspecified atom stereocenters. The molecular formula is C22H26F2N4O3. The van der Waals surface area contributed by atoms with Gasteiger partial charge < -0.3 is 10.6 Å². The number of hydroxylamine groups is 2. The van der Waals surface area contributed by atoms with E-state index in [9.17, 15) is 18.4 Å². The molecule has 31 heavy (non-hydrogen) atoms. The Morgan fingerprint density at radius 3 is 2.45 bits per heavy atom. The van der Waals surface area contributed by atoms with E-state index in [0.29, 0.717) is 36.9 Å². The van der Waals surface area contributed by atoms with Crippen LogP contribution in [0.15, 0.2) is 42.5 Å². The lowest BCUT2D eigenvalue weighted by Gasteiger charge is -2.32.